The zero-order valence-corrected chi connectivity index (χ0v) is 7.95. The van der Waals surface area contributed by atoms with Crippen LogP contribution in [0.15, 0.2) is 0 Å². The zero-order valence-electron chi connectivity index (χ0n) is 4.09. The molecule has 0 aliphatic rings. The van der Waals surface area contributed by atoms with Gasteiger partial charge in [-0.2, -0.15) is 0 Å². The van der Waals surface area contributed by atoms with Crippen LogP contribution in [0.25, 0.3) is 0 Å². The third kappa shape index (κ3) is 10900. The second-order valence-electron chi connectivity index (χ2n) is 0.461. The van der Waals surface area contributed by atoms with Crippen LogP contribution in [-0.2, 0) is 24.0 Å². The summed E-state index contributed by atoms with van der Waals surface area (Å²) in [7, 11) is -3.37. The Labute approximate surface area is 63.1 Å². The molecule has 0 heterocycles. The number of rotatable bonds is 0. The summed E-state index contributed by atoms with van der Waals surface area (Å²) >= 11 is 0. The molecule has 0 aliphatic carbocycles. The van der Waals surface area contributed by atoms with E-state index in [1.165, 1.54) is 0 Å². The Balaban J connectivity index is -0.0000000720. The molecule has 0 spiro atoms. The van der Waals surface area contributed by atoms with Gasteiger partial charge in [0.25, 0.3) is 13.3 Å². The molecule has 0 fully saturated rings. The van der Waals surface area contributed by atoms with Crippen LogP contribution in [0.3, 0.4) is 0 Å². The minimum absolute atomic E-state index is 0. The summed E-state index contributed by atoms with van der Waals surface area (Å²) in [4.78, 5) is 25.3. The third-order valence-electron chi connectivity index (χ3n) is 0. The van der Waals surface area contributed by atoms with Crippen molar-refractivity contribution < 1.29 is 44.1 Å². The predicted molar refractivity (Wildman–Crippen MR) is 16.4 cm³/mol. The predicted octanol–water partition coefficient (Wildman–Crippen LogP) is -1.99. The van der Waals surface area contributed by atoms with E-state index in [-0.39, 0.29) is 19.5 Å². The Morgan fingerprint density at radius 3 is 1.44 bits per heavy atom. The molecule has 0 saturated carbocycles. The summed E-state index contributed by atoms with van der Waals surface area (Å²) in [5.41, 5.74) is 0. The van der Waals surface area contributed by atoms with Gasteiger partial charge < -0.3 is 15.0 Å². The van der Waals surface area contributed by atoms with Gasteiger partial charge in [-0.1, -0.05) is 4.57 Å². The van der Waals surface area contributed by atoms with Crippen molar-refractivity contribution in [1.82, 2.24) is 0 Å². The second-order valence-corrected chi connectivity index (χ2v) is 0.909. The molecule has 0 aromatic carbocycles. The first-order chi connectivity index (χ1) is 3.46. The van der Waals surface area contributed by atoms with Gasteiger partial charge in [0.05, 0.1) is 0 Å². The average Bonchev–Trinajstić information content (AvgIpc) is 1.25. The molecule has 0 amide bonds. The van der Waals surface area contributed by atoms with Gasteiger partial charge in [0.1, 0.15) is 0 Å². The maximum absolute atomic E-state index is 8.48. The number of nitrogens with zero attached hydrogens (tertiary/aromatic N) is 1. The molecule has 0 unspecified atom stereocenters. The topological polar surface area (TPSA) is 127 Å². The van der Waals surface area contributed by atoms with Crippen LogP contribution in [0, 0.1) is 10.1 Å². The van der Waals surface area contributed by atoms with E-state index in [1.54, 1.807) is 0 Å². The first-order valence-electron chi connectivity index (χ1n) is 1.11. The molecule has 0 aliphatic heterocycles. The van der Waals surface area contributed by atoms with Gasteiger partial charge in [-0.25, -0.2) is 0 Å². The van der Waals surface area contributed by atoms with E-state index >= 15 is 0 Å². The Kier molecular flexibility index (Phi) is 19.0. The van der Waals surface area contributed by atoms with Crippen LogP contribution in [0.2, 0.25) is 0 Å². The summed E-state index contributed by atoms with van der Waals surface area (Å²) in [6, 6.07) is 0. The molecule has 48 valence electrons. The van der Waals surface area contributed by atoms with Crippen molar-refractivity contribution in [3.63, 3.8) is 0 Å². The molecule has 0 aromatic heterocycles. The summed E-state index contributed by atoms with van der Waals surface area (Å²) in [5.74, 6) is 0. The fourth-order valence-electron chi connectivity index (χ4n) is 0. The molecular formula is HNO6PZn+. The van der Waals surface area contributed by atoms with Crippen molar-refractivity contribution in [3.8, 4) is 0 Å². The smallest absolute Gasteiger partial charge is 0.598 e. The van der Waals surface area contributed by atoms with Crippen LogP contribution in [0.5, 0.6) is 0 Å². The first kappa shape index (κ1) is 15.9. The van der Waals surface area contributed by atoms with Crippen molar-refractivity contribution >= 4 is 8.25 Å². The van der Waals surface area contributed by atoms with Gasteiger partial charge in [0, 0.05) is 0 Å². The monoisotopic (exact) mass is 206 g/mol. The standard InChI is InChI=1S/HNO3.HO3P.Zn/c2-1(3)4;1-4(2)3;/h(H,2,3,4);(H,1,2,3);/q;;+2/p-1. The van der Waals surface area contributed by atoms with Gasteiger partial charge in [-0.3, -0.25) is 0 Å². The van der Waals surface area contributed by atoms with Gasteiger partial charge in [0.2, 0.25) is 0 Å². The van der Waals surface area contributed by atoms with Crippen LogP contribution < -0.4 is 9.79 Å². The fourth-order valence-corrected chi connectivity index (χ4v) is 0. The summed E-state index contributed by atoms with van der Waals surface area (Å²) in [6.07, 6.45) is 0. The van der Waals surface area contributed by atoms with Crippen molar-refractivity contribution in [1.29, 1.82) is 0 Å². The Bertz CT molecular complexity index is 71.1. The third-order valence-corrected chi connectivity index (χ3v) is 0. The van der Waals surface area contributed by atoms with E-state index in [1.807, 2.05) is 0 Å². The van der Waals surface area contributed by atoms with Gasteiger partial charge in [-0.15, -0.1) is 10.1 Å². The molecule has 0 rings (SSSR count). The van der Waals surface area contributed by atoms with E-state index in [9.17, 15) is 0 Å². The van der Waals surface area contributed by atoms with E-state index in [4.69, 9.17) is 29.7 Å². The van der Waals surface area contributed by atoms with Gasteiger partial charge in [0.15, 0.2) is 0 Å². The van der Waals surface area contributed by atoms with Crippen LogP contribution in [-0.4, -0.2) is 10.3 Å². The molecule has 0 atom stereocenters. The molecule has 9 heteroatoms. The summed E-state index contributed by atoms with van der Waals surface area (Å²) in [6.45, 7) is 0. The van der Waals surface area contributed by atoms with Crippen molar-refractivity contribution in [2.45, 2.75) is 0 Å². The molecular weight excluding hydrogens is 206 g/mol. The maximum atomic E-state index is 8.48. The Morgan fingerprint density at radius 2 is 1.44 bits per heavy atom. The van der Waals surface area contributed by atoms with Crippen molar-refractivity contribution in [2.75, 3.05) is 0 Å². The summed E-state index contributed by atoms with van der Waals surface area (Å²) < 4.78 is 8.48. The normalized spacial score (nSPS) is 5.56. The zero-order chi connectivity index (χ0) is 7.15. The van der Waals surface area contributed by atoms with E-state index < -0.39 is 13.3 Å². The number of hydrogen-bond acceptors (Lipinski definition) is 5. The molecule has 0 radical (unpaired) electrons. The SMILES string of the molecule is O=[N+]([O-])O.O=[P+]([O-])[O-].[Zn+2]. The molecule has 9 heavy (non-hydrogen) atoms. The Morgan fingerprint density at radius 1 is 1.44 bits per heavy atom. The van der Waals surface area contributed by atoms with E-state index in [0.29, 0.717) is 0 Å². The molecule has 7 nitrogen and oxygen atoms in total. The van der Waals surface area contributed by atoms with Gasteiger partial charge in [-0.05, 0) is 0 Å². The van der Waals surface area contributed by atoms with Crippen LogP contribution >= 0.6 is 8.25 Å². The average molecular weight is 207 g/mol. The van der Waals surface area contributed by atoms with Crippen LogP contribution in [0.1, 0.15) is 0 Å². The van der Waals surface area contributed by atoms with E-state index in [0.717, 1.165) is 0 Å². The maximum Gasteiger partial charge on any atom is 2.00 e. The first-order valence-corrected chi connectivity index (χ1v) is 2.21. The summed E-state index contributed by atoms with van der Waals surface area (Å²) in [5, 5.41) is 13.6. The van der Waals surface area contributed by atoms with E-state index in [2.05, 4.69) is 0 Å². The van der Waals surface area contributed by atoms with Gasteiger partial charge >= 0.3 is 19.5 Å². The van der Waals surface area contributed by atoms with Crippen molar-refractivity contribution in [3.05, 3.63) is 10.1 Å². The largest absolute Gasteiger partial charge is 2.00 e. The molecule has 0 aromatic rings. The minimum atomic E-state index is -3.37. The fraction of sp³-hybridized carbons (Fsp3) is 0. The quantitative estimate of drug-likeness (QED) is 0.212. The second kappa shape index (κ2) is 10.8. The molecule has 0 saturated heterocycles. The van der Waals surface area contributed by atoms with Crippen molar-refractivity contribution in [2.24, 2.45) is 0 Å². The minimum Gasteiger partial charge on any atom is -0.598 e. The van der Waals surface area contributed by atoms with Crippen LogP contribution in [0.4, 0.5) is 0 Å². The molecule has 1 N–H and O–H groups in total. The number of hydrogen-bond donors (Lipinski definition) is 1. The molecule has 0 bridgehead atoms. The Hall–Kier alpha value is -0.157.